The van der Waals surface area contributed by atoms with E-state index in [0.717, 1.165) is 35.5 Å². The molecule has 102 valence electrons. The van der Waals surface area contributed by atoms with Crippen molar-refractivity contribution in [3.05, 3.63) is 23.2 Å². The summed E-state index contributed by atoms with van der Waals surface area (Å²) in [6.07, 6.45) is 2.64. The van der Waals surface area contributed by atoms with E-state index < -0.39 is 0 Å². The summed E-state index contributed by atoms with van der Waals surface area (Å²) in [6.45, 7) is 10.6. The highest BCUT2D eigenvalue weighted by molar-refractivity contribution is 5.20. The molecule has 1 aliphatic heterocycles. The molecule has 0 saturated carbocycles. The van der Waals surface area contributed by atoms with Crippen LogP contribution >= 0.6 is 0 Å². The molecule has 0 atom stereocenters. The molecular formula is C15H26N2O. The predicted octanol–water partition coefficient (Wildman–Crippen LogP) is 2.91. The fraction of sp³-hybridized carbons (Fsp3) is 0.733. The molecule has 0 radical (unpaired) electrons. The van der Waals surface area contributed by atoms with Crippen LogP contribution in [0.2, 0.25) is 0 Å². The zero-order valence-corrected chi connectivity index (χ0v) is 11.9. The summed E-state index contributed by atoms with van der Waals surface area (Å²) in [5.74, 6) is 3.77. The average molecular weight is 250 g/mol. The highest BCUT2D eigenvalue weighted by atomic mass is 16.3. The number of furan rings is 1. The first-order chi connectivity index (χ1) is 8.60. The lowest BCUT2D eigenvalue weighted by Crippen LogP contribution is -2.34. The van der Waals surface area contributed by atoms with Crippen LogP contribution in [0.1, 0.15) is 43.8 Å². The van der Waals surface area contributed by atoms with Crippen molar-refractivity contribution >= 4 is 0 Å². The molecule has 2 heterocycles. The minimum atomic E-state index is 0.574. The van der Waals surface area contributed by atoms with E-state index in [1.807, 2.05) is 6.92 Å². The summed E-state index contributed by atoms with van der Waals surface area (Å²) in [7, 11) is 0. The van der Waals surface area contributed by atoms with Crippen molar-refractivity contribution < 1.29 is 4.42 Å². The first kappa shape index (κ1) is 13.6. The third kappa shape index (κ3) is 3.15. The van der Waals surface area contributed by atoms with E-state index in [1.54, 1.807) is 0 Å². The summed E-state index contributed by atoms with van der Waals surface area (Å²) in [4.78, 5) is 2.50. The van der Waals surface area contributed by atoms with E-state index in [4.69, 9.17) is 10.2 Å². The third-order valence-corrected chi connectivity index (χ3v) is 4.25. The fourth-order valence-corrected chi connectivity index (χ4v) is 2.87. The lowest BCUT2D eigenvalue weighted by Gasteiger charge is -2.33. The summed E-state index contributed by atoms with van der Waals surface area (Å²) < 4.78 is 5.76. The van der Waals surface area contributed by atoms with Gasteiger partial charge in [-0.15, -0.1) is 0 Å². The smallest absolute Gasteiger partial charge is 0.118 e. The molecule has 1 aromatic rings. The van der Waals surface area contributed by atoms with Gasteiger partial charge in [-0.1, -0.05) is 13.8 Å². The monoisotopic (exact) mass is 250 g/mol. The Balaban J connectivity index is 1.87. The lowest BCUT2D eigenvalue weighted by atomic mass is 9.87. The predicted molar refractivity (Wildman–Crippen MR) is 74.2 cm³/mol. The van der Waals surface area contributed by atoms with Crippen LogP contribution in [0.3, 0.4) is 0 Å². The van der Waals surface area contributed by atoms with Crippen LogP contribution in [0.5, 0.6) is 0 Å². The second-order valence-electron chi connectivity index (χ2n) is 5.86. The van der Waals surface area contributed by atoms with Crippen molar-refractivity contribution in [1.82, 2.24) is 4.90 Å². The maximum atomic E-state index is 5.76. The van der Waals surface area contributed by atoms with Crippen LogP contribution in [0, 0.1) is 18.8 Å². The molecule has 3 nitrogen and oxygen atoms in total. The number of rotatable bonds is 4. The highest BCUT2D eigenvalue weighted by Crippen LogP contribution is 2.26. The van der Waals surface area contributed by atoms with Crippen LogP contribution in [-0.4, -0.2) is 18.0 Å². The highest BCUT2D eigenvalue weighted by Gasteiger charge is 2.22. The number of piperidine rings is 1. The molecule has 2 rings (SSSR count). The summed E-state index contributed by atoms with van der Waals surface area (Å²) in [5, 5.41) is 0. The molecule has 0 unspecified atom stereocenters. The number of likely N-dealkylation sites (tertiary alicyclic amines) is 1. The zero-order valence-electron chi connectivity index (χ0n) is 11.9. The van der Waals surface area contributed by atoms with Gasteiger partial charge < -0.3 is 10.2 Å². The maximum absolute atomic E-state index is 5.76. The second kappa shape index (κ2) is 5.89. The minimum absolute atomic E-state index is 0.574. The van der Waals surface area contributed by atoms with E-state index in [-0.39, 0.29) is 0 Å². The van der Waals surface area contributed by atoms with Crippen LogP contribution in [-0.2, 0) is 13.1 Å². The van der Waals surface area contributed by atoms with Gasteiger partial charge >= 0.3 is 0 Å². The van der Waals surface area contributed by atoms with Gasteiger partial charge in [0.15, 0.2) is 0 Å². The Morgan fingerprint density at radius 3 is 2.56 bits per heavy atom. The molecule has 2 N–H and O–H groups in total. The molecular weight excluding hydrogens is 224 g/mol. The first-order valence-corrected chi connectivity index (χ1v) is 7.10. The first-order valence-electron chi connectivity index (χ1n) is 7.10. The van der Waals surface area contributed by atoms with Gasteiger partial charge in [-0.3, -0.25) is 4.90 Å². The Hall–Kier alpha value is -0.800. The van der Waals surface area contributed by atoms with Crippen molar-refractivity contribution in [2.24, 2.45) is 17.6 Å². The third-order valence-electron chi connectivity index (χ3n) is 4.25. The van der Waals surface area contributed by atoms with Crippen molar-refractivity contribution in [2.45, 2.75) is 46.7 Å². The van der Waals surface area contributed by atoms with Gasteiger partial charge in [-0.2, -0.15) is 0 Å². The van der Waals surface area contributed by atoms with Gasteiger partial charge in [-0.05, 0) is 50.8 Å². The van der Waals surface area contributed by atoms with Gasteiger partial charge in [0.05, 0.1) is 6.54 Å². The standard InChI is InChI=1S/C15H26N2O/c1-11(2)13-4-6-17(7-5-13)10-15-8-14(9-16)12(3)18-15/h8,11,13H,4-7,9-10,16H2,1-3H3. The second-order valence-corrected chi connectivity index (χ2v) is 5.86. The molecule has 3 heteroatoms. The summed E-state index contributed by atoms with van der Waals surface area (Å²) >= 11 is 0. The molecule has 1 aliphatic rings. The van der Waals surface area contributed by atoms with E-state index in [1.165, 1.54) is 25.9 Å². The van der Waals surface area contributed by atoms with E-state index in [0.29, 0.717) is 6.54 Å². The minimum Gasteiger partial charge on any atom is -0.465 e. The van der Waals surface area contributed by atoms with Gasteiger partial charge in [0, 0.05) is 12.1 Å². The van der Waals surface area contributed by atoms with Crippen molar-refractivity contribution in [3.63, 3.8) is 0 Å². The lowest BCUT2D eigenvalue weighted by molar-refractivity contribution is 0.143. The number of aryl methyl sites for hydroxylation is 1. The quantitative estimate of drug-likeness (QED) is 0.893. The van der Waals surface area contributed by atoms with Crippen LogP contribution in [0.4, 0.5) is 0 Å². The number of nitrogens with zero attached hydrogens (tertiary/aromatic N) is 1. The van der Waals surface area contributed by atoms with Crippen molar-refractivity contribution in [2.75, 3.05) is 13.1 Å². The topological polar surface area (TPSA) is 42.4 Å². The number of hydrogen-bond donors (Lipinski definition) is 1. The molecule has 0 spiro atoms. The Kier molecular flexibility index (Phi) is 4.46. The fourth-order valence-electron chi connectivity index (χ4n) is 2.87. The molecule has 1 saturated heterocycles. The maximum Gasteiger partial charge on any atom is 0.118 e. The molecule has 1 aromatic heterocycles. The zero-order chi connectivity index (χ0) is 13.1. The van der Waals surface area contributed by atoms with Crippen LogP contribution in [0.15, 0.2) is 10.5 Å². The van der Waals surface area contributed by atoms with Gasteiger partial charge in [0.1, 0.15) is 11.5 Å². The molecule has 0 aliphatic carbocycles. The van der Waals surface area contributed by atoms with Crippen molar-refractivity contribution in [3.8, 4) is 0 Å². The van der Waals surface area contributed by atoms with Crippen LogP contribution < -0.4 is 5.73 Å². The Morgan fingerprint density at radius 2 is 2.06 bits per heavy atom. The molecule has 0 bridgehead atoms. The van der Waals surface area contributed by atoms with Gasteiger partial charge in [0.2, 0.25) is 0 Å². The molecule has 0 aromatic carbocycles. The number of hydrogen-bond acceptors (Lipinski definition) is 3. The Bertz CT molecular complexity index is 376. The average Bonchev–Trinajstić information content (AvgIpc) is 2.70. The number of nitrogens with two attached hydrogens (primary N) is 1. The van der Waals surface area contributed by atoms with Crippen molar-refractivity contribution in [1.29, 1.82) is 0 Å². The molecule has 1 fully saturated rings. The molecule has 0 amide bonds. The normalized spacial score (nSPS) is 18.7. The van der Waals surface area contributed by atoms with E-state index in [9.17, 15) is 0 Å². The summed E-state index contributed by atoms with van der Waals surface area (Å²) in [6, 6.07) is 2.11. The summed E-state index contributed by atoms with van der Waals surface area (Å²) in [5.41, 5.74) is 6.82. The van der Waals surface area contributed by atoms with E-state index in [2.05, 4.69) is 24.8 Å². The van der Waals surface area contributed by atoms with Gasteiger partial charge in [0.25, 0.3) is 0 Å². The Morgan fingerprint density at radius 1 is 1.39 bits per heavy atom. The largest absolute Gasteiger partial charge is 0.465 e. The molecule has 18 heavy (non-hydrogen) atoms. The SMILES string of the molecule is Cc1oc(CN2CCC(C(C)C)CC2)cc1CN. The van der Waals surface area contributed by atoms with Gasteiger partial charge in [-0.25, -0.2) is 0 Å². The Labute approximate surface area is 110 Å². The van der Waals surface area contributed by atoms with Crippen LogP contribution in [0.25, 0.3) is 0 Å². The van der Waals surface area contributed by atoms with E-state index >= 15 is 0 Å².